The number of ether oxygens (including phenoxy) is 1. The summed E-state index contributed by atoms with van der Waals surface area (Å²) in [7, 11) is 1.23. The smallest absolute Gasteiger partial charge is 0.201 e. The maximum absolute atomic E-state index is 14.0. The average molecular weight is 295 g/mol. The molecule has 0 saturated carbocycles. The van der Waals surface area contributed by atoms with Crippen molar-refractivity contribution in [3.8, 4) is 5.75 Å². The van der Waals surface area contributed by atoms with Gasteiger partial charge in [0.05, 0.1) is 18.2 Å². The van der Waals surface area contributed by atoms with Crippen molar-refractivity contribution in [1.29, 1.82) is 0 Å². The second-order valence-electron chi connectivity index (χ2n) is 4.49. The van der Waals surface area contributed by atoms with Crippen molar-refractivity contribution >= 4 is 11.5 Å². The number of hydrogen-bond acceptors (Lipinski definition) is 3. The zero-order chi connectivity index (χ0) is 15.7. The van der Waals surface area contributed by atoms with Crippen LogP contribution in [0.25, 0.3) is 0 Å². The average Bonchev–Trinajstić information content (AvgIpc) is 2.41. The van der Waals surface area contributed by atoms with Gasteiger partial charge in [-0.25, -0.2) is 13.2 Å². The fourth-order valence-electron chi connectivity index (χ4n) is 1.98. The van der Waals surface area contributed by atoms with E-state index in [0.717, 1.165) is 18.2 Å². The zero-order valence-electron chi connectivity index (χ0n) is 11.3. The molecule has 0 aliphatic rings. The van der Waals surface area contributed by atoms with E-state index in [2.05, 4.69) is 0 Å². The van der Waals surface area contributed by atoms with Crippen LogP contribution in [-0.2, 0) is 0 Å². The SMILES string of the molecule is COc1cc(F)c(C(=O)c2cc(N)cc(C)c2F)c(F)c1. The number of ketones is 1. The molecule has 21 heavy (non-hydrogen) atoms. The van der Waals surface area contributed by atoms with Crippen LogP contribution in [0, 0.1) is 24.4 Å². The lowest BCUT2D eigenvalue weighted by Crippen LogP contribution is -2.11. The van der Waals surface area contributed by atoms with Crippen LogP contribution in [0.3, 0.4) is 0 Å². The number of halogens is 3. The highest BCUT2D eigenvalue weighted by molar-refractivity contribution is 6.10. The van der Waals surface area contributed by atoms with Crippen LogP contribution in [-0.4, -0.2) is 12.9 Å². The van der Waals surface area contributed by atoms with Crippen LogP contribution < -0.4 is 10.5 Å². The number of nitrogens with two attached hydrogens (primary N) is 1. The van der Waals surface area contributed by atoms with E-state index in [9.17, 15) is 18.0 Å². The first-order chi connectivity index (χ1) is 9.85. The summed E-state index contributed by atoms with van der Waals surface area (Å²) in [6.07, 6.45) is 0. The summed E-state index contributed by atoms with van der Waals surface area (Å²) in [6, 6.07) is 4.08. The summed E-state index contributed by atoms with van der Waals surface area (Å²) in [5, 5.41) is 0. The molecule has 0 atom stereocenters. The molecule has 2 N–H and O–H groups in total. The molecule has 0 fully saturated rings. The molecule has 0 unspecified atom stereocenters. The van der Waals surface area contributed by atoms with Gasteiger partial charge in [0.25, 0.3) is 0 Å². The Hall–Kier alpha value is -2.50. The lowest BCUT2D eigenvalue weighted by molar-refractivity contribution is 0.102. The Morgan fingerprint density at radius 2 is 1.67 bits per heavy atom. The number of anilines is 1. The van der Waals surface area contributed by atoms with E-state index < -0.39 is 34.4 Å². The highest BCUT2D eigenvalue weighted by Crippen LogP contribution is 2.26. The number of rotatable bonds is 3. The summed E-state index contributed by atoms with van der Waals surface area (Å²) >= 11 is 0. The number of aryl methyl sites for hydroxylation is 1. The van der Waals surface area contributed by atoms with Gasteiger partial charge in [-0.05, 0) is 24.6 Å². The first-order valence-corrected chi connectivity index (χ1v) is 5.98. The first kappa shape index (κ1) is 14.9. The molecule has 0 spiro atoms. The fourth-order valence-corrected chi connectivity index (χ4v) is 1.98. The topological polar surface area (TPSA) is 52.3 Å². The highest BCUT2D eigenvalue weighted by Gasteiger charge is 2.24. The third kappa shape index (κ3) is 2.69. The molecule has 0 saturated heterocycles. The minimum atomic E-state index is -1.13. The van der Waals surface area contributed by atoms with E-state index in [1.165, 1.54) is 20.1 Å². The molecular weight excluding hydrogens is 283 g/mol. The van der Waals surface area contributed by atoms with Gasteiger partial charge in [0, 0.05) is 17.8 Å². The van der Waals surface area contributed by atoms with Gasteiger partial charge in [0.2, 0.25) is 5.78 Å². The first-order valence-electron chi connectivity index (χ1n) is 5.98. The second-order valence-corrected chi connectivity index (χ2v) is 4.49. The lowest BCUT2D eigenvalue weighted by atomic mass is 9.99. The Morgan fingerprint density at radius 1 is 1.10 bits per heavy atom. The minimum Gasteiger partial charge on any atom is -0.497 e. The summed E-state index contributed by atoms with van der Waals surface area (Å²) in [4.78, 5) is 12.2. The highest BCUT2D eigenvalue weighted by atomic mass is 19.1. The Balaban J connectivity index is 2.61. The molecule has 2 rings (SSSR count). The monoisotopic (exact) mass is 295 g/mol. The number of carbonyl (C=O) groups excluding carboxylic acids is 1. The van der Waals surface area contributed by atoms with Gasteiger partial charge >= 0.3 is 0 Å². The van der Waals surface area contributed by atoms with Crippen LogP contribution in [0.15, 0.2) is 24.3 Å². The zero-order valence-corrected chi connectivity index (χ0v) is 11.3. The van der Waals surface area contributed by atoms with E-state index in [0.29, 0.717) is 0 Å². The maximum atomic E-state index is 14.0. The van der Waals surface area contributed by atoms with E-state index in [1.807, 2.05) is 0 Å². The van der Waals surface area contributed by atoms with Crippen molar-refractivity contribution in [2.75, 3.05) is 12.8 Å². The van der Waals surface area contributed by atoms with Crippen molar-refractivity contribution in [2.45, 2.75) is 6.92 Å². The molecule has 2 aromatic carbocycles. The molecule has 0 heterocycles. The Morgan fingerprint density at radius 3 is 2.19 bits per heavy atom. The number of hydrogen-bond donors (Lipinski definition) is 1. The third-order valence-electron chi connectivity index (χ3n) is 3.00. The fraction of sp³-hybridized carbons (Fsp3) is 0.133. The van der Waals surface area contributed by atoms with Crippen molar-refractivity contribution in [3.63, 3.8) is 0 Å². The Labute approximate surface area is 119 Å². The van der Waals surface area contributed by atoms with Crippen molar-refractivity contribution in [2.24, 2.45) is 0 Å². The Kier molecular flexibility index (Phi) is 3.88. The molecule has 6 heteroatoms. The maximum Gasteiger partial charge on any atom is 0.201 e. The summed E-state index contributed by atoms with van der Waals surface area (Å²) < 4.78 is 46.4. The van der Waals surface area contributed by atoms with Crippen LogP contribution in [0.2, 0.25) is 0 Å². The van der Waals surface area contributed by atoms with Gasteiger partial charge in [-0.3, -0.25) is 4.79 Å². The van der Waals surface area contributed by atoms with Crippen LogP contribution in [0.5, 0.6) is 5.75 Å². The number of nitrogen functional groups attached to an aromatic ring is 1. The largest absolute Gasteiger partial charge is 0.497 e. The number of carbonyl (C=O) groups is 1. The Bertz CT molecular complexity index is 706. The van der Waals surface area contributed by atoms with E-state index >= 15 is 0 Å². The predicted molar refractivity (Wildman–Crippen MR) is 71.9 cm³/mol. The van der Waals surface area contributed by atoms with Crippen LogP contribution in [0.1, 0.15) is 21.5 Å². The molecule has 0 aromatic heterocycles. The molecule has 2 aromatic rings. The summed E-state index contributed by atoms with van der Waals surface area (Å²) in [5.74, 6) is -4.30. The van der Waals surface area contributed by atoms with Gasteiger partial charge in [0.15, 0.2) is 0 Å². The molecule has 0 aliphatic heterocycles. The number of methoxy groups -OCH3 is 1. The van der Waals surface area contributed by atoms with E-state index in [4.69, 9.17) is 10.5 Å². The standard InChI is InChI=1S/C15H12F3NO2/c1-7-3-8(19)4-10(14(7)18)15(20)13-11(16)5-9(21-2)6-12(13)17/h3-6H,19H2,1-2H3. The van der Waals surface area contributed by atoms with Gasteiger partial charge in [-0.15, -0.1) is 0 Å². The van der Waals surface area contributed by atoms with Gasteiger partial charge in [0.1, 0.15) is 23.2 Å². The van der Waals surface area contributed by atoms with Crippen molar-refractivity contribution in [3.05, 3.63) is 58.4 Å². The molecule has 3 nitrogen and oxygen atoms in total. The number of benzene rings is 2. The molecule has 0 bridgehead atoms. The molecular formula is C15H12F3NO2. The van der Waals surface area contributed by atoms with E-state index in [1.54, 1.807) is 0 Å². The lowest BCUT2D eigenvalue weighted by Gasteiger charge is -2.09. The normalized spacial score (nSPS) is 10.5. The predicted octanol–water partition coefficient (Wildman–Crippen LogP) is 3.23. The third-order valence-corrected chi connectivity index (χ3v) is 3.00. The van der Waals surface area contributed by atoms with E-state index in [-0.39, 0.29) is 17.0 Å². The van der Waals surface area contributed by atoms with Gasteiger partial charge in [-0.1, -0.05) is 0 Å². The van der Waals surface area contributed by atoms with Crippen LogP contribution in [0.4, 0.5) is 18.9 Å². The summed E-state index contributed by atoms with van der Waals surface area (Å²) in [6.45, 7) is 1.41. The van der Waals surface area contributed by atoms with Crippen molar-refractivity contribution in [1.82, 2.24) is 0 Å². The second kappa shape index (κ2) is 5.47. The van der Waals surface area contributed by atoms with Gasteiger partial charge in [-0.2, -0.15) is 0 Å². The summed E-state index contributed by atoms with van der Waals surface area (Å²) in [5.41, 5.74) is 4.46. The molecule has 110 valence electrons. The quantitative estimate of drug-likeness (QED) is 0.698. The molecule has 0 radical (unpaired) electrons. The van der Waals surface area contributed by atoms with Crippen molar-refractivity contribution < 1.29 is 22.7 Å². The van der Waals surface area contributed by atoms with Crippen LogP contribution >= 0.6 is 0 Å². The molecule has 0 aliphatic carbocycles. The molecule has 0 amide bonds. The minimum absolute atomic E-state index is 0.0780. The van der Waals surface area contributed by atoms with Gasteiger partial charge < -0.3 is 10.5 Å².